The highest BCUT2D eigenvalue weighted by molar-refractivity contribution is 14.1. The SMILES string of the molecule is C[C@H](CCCI)[C@H]1CCC2C3CC[C@H]4C[C@@H](O)CC[C@]4(C)C3CC[C@@]21C. The molecule has 4 fully saturated rings. The summed E-state index contributed by atoms with van der Waals surface area (Å²) in [5, 5.41) is 10.2. The fourth-order valence-corrected chi connectivity index (χ4v) is 9.25. The highest BCUT2D eigenvalue weighted by atomic mass is 127. The second kappa shape index (κ2) is 7.50. The molecule has 26 heavy (non-hydrogen) atoms. The van der Waals surface area contributed by atoms with E-state index in [-0.39, 0.29) is 6.10 Å². The lowest BCUT2D eigenvalue weighted by atomic mass is 9.44. The summed E-state index contributed by atoms with van der Waals surface area (Å²) < 4.78 is 1.32. The van der Waals surface area contributed by atoms with Crippen LogP contribution in [0.1, 0.15) is 91.4 Å². The van der Waals surface area contributed by atoms with Gasteiger partial charge in [0.2, 0.25) is 0 Å². The molecule has 0 aromatic heterocycles. The van der Waals surface area contributed by atoms with E-state index in [9.17, 15) is 5.11 Å². The van der Waals surface area contributed by atoms with Crippen LogP contribution in [-0.2, 0) is 0 Å². The van der Waals surface area contributed by atoms with Crippen molar-refractivity contribution in [2.45, 2.75) is 97.5 Å². The van der Waals surface area contributed by atoms with Crippen LogP contribution in [0.25, 0.3) is 0 Å². The molecule has 2 heteroatoms. The molecular weight excluding hydrogens is 431 g/mol. The monoisotopic (exact) mass is 472 g/mol. The molecular formula is C24H41IO. The van der Waals surface area contributed by atoms with Crippen LogP contribution in [0.4, 0.5) is 0 Å². The summed E-state index contributed by atoms with van der Waals surface area (Å²) in [6.45, 7) is 7.89. The normalized spacial score (nSPS) is 52.0. The summed E-state index contributed by atoms with van der Waals surface area (Å²) in [5.74, 6) is 5.65. The zero-order valence-electron chi connectivity index (χ0n) is 17.4. The number of aliphatic hydroxyl groups is 1. The van der Waals surface area contributed by atoms with Crippen LogP contribution in [0.3, 0.4) is 0 Å². The molecule has 0 aromatic rings. The molecule has 1 nitrogen and oxygen atoms in total. The Bertz CT molecular complexity index is 506. The fourth-order valence-electron chi connectivity index (χ4n) is 8.81. The Morgan fingerprint density at radius 1 is 0.962 bits per heavy atom. The number of hydrogen-bond donors (Lipinski definition) is 1. The van der Waals surface area contributed by atoms with E-state index < -0.39 is 0 Å². The first kappa shape index (κ1) is 20.0. The Labute approximate surface area is 175 Å². The average Bonchev–Trinajstić information content (AvgIpc) is 2.97. The molecule has 4 aliphatic carbocycles. The average molecular weight is 472 g/mol. The third kappa shape index (κ3) is 3.12. The molecule has 0 heterocycles. The van der Waals surface area contributed by atoms with Crippen molar-refractivity contribution in [2.24, 2.45) is 46.3 Å². The minimum absolute atomic E-state index is 0.00639. The zero-order valence-corrected chi connectivity index (χ0v) is 19.5. The molecule has 4 aliphatic rings. The number of aliphatic hydroxyl groups excluding tert-OH is 1. The molecule has 150 valence electrons. The summed E-state index contributed by atoms with van der Waals surface area (Å²) in [6.07, 6.45) is 15.2. The number of hydrogen-bond acceptors (Lipinski definition) is 1. The van der Waals surface area contributed by atoms with E-state index in [2.05, 4.69) is 43.4 Å². The van der Waals surface area contributed by atoms with Crippen molar-refractivity contribution in [1.29, 1.82) is 0 Å². The maximum atomic E-state index is 10.2. The van der Waals surface area contributed by atoms with E-state index in [1.54, 1.807) is 0 Å². The first-order valence-corrected chi connectivity index (χ1v) is 13.2. The van der Waals surface area contributed by atoms with Crippen LogP contribution < -0.4 is 0 Å². The summed E-state index contributed by atoms with van der Waals surface area (Å²) in [4.78, 5) is 0. The Morgan fingerprint density at radius 2 is 1.69 bits per heavy atom. The van der Waals surface area contributed by atoms with Crippen LogP contribution in [0, 0.1) is 46.3 Å². The number of fused-ring (bicyclic) bond motifs is 5. The topological polar surface area (TPSA) is 20.2 Å². The van der Waals surface area contributed by atoms with Crippen molar-refractivity contribution >= 4 is 22.6 Å². The maximum absolute atomic E-state index is 10.2. The van der Waals surface area contributed by atoms with E-state index in [0.29, 0.717) is 10.8 Å². The number of halogens is 1. The molecule has 3 unspecified atom stereocenters. The van der Waals surface area contributed by atoms with Gasteiger partial charge in [0.05, 0.1) is 6.10 Å². The second-order valence-electron chi connectivity index (χ2n) is 11.1. The minimum atomic E-state index is -0.00639. The van der Waals surface area contributed by atoms with Crippen molar-refractivity contribution in [3.63, 3.8) is 0 Å². The van der Waals surface area contributed by atoms with Crippen molar-refractivity contribution in [3.8, 4) is 0 Å². The van der Waals surface area contributed by atoms with Gasteiger partial charge in [-0.05, 0) is 121 Å². The van der Waals surface area contributed by atoms with Gasteiger partial charge in [-0.1, -0.05) is 43.4 Å². The molecule has 0 spiro atoms. The van der Waals surface area contributed by atoms with Gasteiger partial charge in [0.1, 0.15) is 0 Å². The standard InChI is InChI=1S/C24H41IO/c1-16(5-4-14-25)20-8-9-21-19-7-6-17-15-18(26)10-12-23(17,2)22(19)11-13-24(20,21)3/h16-22,26H,4-15H2,1-3H3/t16-,17+,18+,19?,20-,21?,22?,23+,24-/m1/s1. The lowest BCUT2D eigenvalue weighted by molar-refractivity contribution is -0.129. The predicted octanol–water partition coefficient (Wildman–Crippen LogP) is 6.86. The van der Waals surface area contributed by atoms with Crippen molar-refractivity contribution in [3.05, 3.63) is 0 Å². The van der Waals surface area contributed by atoms with Gasteiger partial charge in [0, 0.05) is 0 Å². The number of alkyl halides is 1. The summed E-state index contributed by atoms with van der Waals surface area (Å²) >= 11 is 2.55. The largest absolute Gasteiger partial charge is 0.393 e. The lowest BCUT2D eigenvalue weighted by Gasteiger charge is -2.61. The molecule has 0 aliphatic heterocycles. The van der Waals surface area contributed by atoms with Crippen LogP contribution in [0.2, 0.25) is 0 Å². The molecule has 0 amide bonds. The Balaban J connectivity index is 1.52. The summed E-state index contributed by atoms with van der Waals surface area (Å²) in [7, 11) is 0. The Morgan fingerprint density at radius 3 is 2.46 bits per heavy atom. The Hall–Kier alpha value is 0.690. The molecule has 0 aromatic carbocycles. The van der Waals surface area contributed by atoms with Crippen LogP contribution in [0.5, 0.6) is 0 Å². The molecule has 0 radical (unpaired) electrons. The molecule has 9 atom stereocenters. The minimum Gasteiger partial charge on any atom is -0.393 e. The quantitative estimate of drug-likeness (QED) is 0.350. The molecule has 4 saturated carbocycles. The van der Waals surface area contributed by atoms with Gasteiger partial charge < -0.3 is 5.11 Å². The van der Waals surface area contributed by atoms with E-state index >= 15 is 0 Å². The van der Waals surface area contributed by atoms with E-state index in [1.165, 1.54) is 62.2 Å². The van der Waals surface area contributed by atoms with Crippen LogP contribution >= 0.6 is 22.6 Å². The maximum Gasteiger partial charge on any atom is 0.0543 e. The fraction of sp³-hybridized carbons (Fsp3) is 1.00. The van der Waals surface area contributed by atoms with E-state index in [0.717, 1.165) is 48.3 Å². The van der Waals surface area contributed by atoms with Gasteiger partial charge >= 0.3 is 0 Å². The highest BCUT2D eigenvalue weighted by Crippen LogP contribution is 2.68. The second-order valence-corrected chi connectivity index (χ2v) is 12.2. The molecule has 0 bridgehead atoms. The molecule has 0 saturated heterocycles. The van der Waals surface area contributed by atoms with Gasteiger partial charge in [-0.15, -0.1) is 0 Å². The van der Waals surface area contributed by atoms with Gasteiger partial charge in [-0.3, -0.25) is 0 Å². The summed E-state index contributed by atoms with van der Waals surface area (Å²) in [5.41, 5.74) is 1.16. The van der Waals surface area contributed by atoms with Crippen LogP contribution in [0.15, 0.2) is 0 Å². The van der Waals surface area contributed by atoms with Crippen molar-refractivity contribution in [1.82, 2.24) is 0 Å². The first-order valence-electron chi connectivity index (χ1n) is 11.6. The Kier molecular flexibility index (Phi) is 5.77. The lowest BCUT2D eigenvalue weighted by Crippen LogP contribution is -2.54. The highest BCUT2D eigenvalue weighted by Gasteiger charge is 2.60. The zero-order chi connectivity index (χ0) is 18.5. The third-order valence-electron chi connectivity index (χ3n) is 10.2. The van der Waals surface area contributed by atoms with Crippen molar-refractivity contribution < 1.29 is 5.11 Å². The molecule has 4 rings (SSSR count). The summed E-state index contributed by atoms with van der Waals surface area (Å²) in [6, 6.07) is 0. The number of rotatable bonds is 4. The predicted molar refractivity (Wildman–Crippen MR) is 119 cm³/mol. The first-order chi connectivity index (χ1) is 12.4. The smallest absolute Gasteiger partial charge is 0.0543 e. The molecule has 1 N–H and O–H groups in total. The van der Waals surface area contributed by atoms with Crippen molar-refractivity contribution in [2.75, 3.05) is 4.43 Å². The van der Waals surface area contributed by atoms with Gasteiger partial charge in [-0.25, -0.2) is 0 Å². The van der Waals surface area contributed by atoms with E-state index in [1.807, 2.05) is 0 Å². The van der Waals surface area contributed by atoms with Gasteiger partial charge in [-0.2, -0.15) is 0 Å². The third-order valence-corrected chi connectivity index (χ3v) is 11.0. The van der Waals surface area contributed by atoms with Crippen LogP contribution in [-0.4, -0.2) is 15.6 Å². The van der Waals surface area contributed by atoms with Gasteiger partial charge in [0.25, 0.3) is 0 Å². The van der Waals surface area contributed by atoms with Gasteiger partial charge in [0.15, 0.2) is 0 Å². The van der Waals surface area contributed by atoms with E-state index in [4.69, 9.17) is 0 Å².